The maximum absolute atomic E-state index is 8.83. The Hall–Kier alpha value is -1.56. The number of nitrogens with zero attached hydrogens (tertiary/aromatic N) is 3. The zero-order chi connectivity index (χ0) is 10.7. The second kappa shape index (κ2) is 4.31. The van der Waals surface area contributed by atoms with Crippen LogP contribution >= 0.6 is 0 Å². The van der Waals surface area contributed by atoms with Gasteiger partial charge in [-0.05, 0) is 31.4 Å². The van der Waals surface area contributed by atoms with E-state index in [9.17, 15) is 0 Å². The highest BCUT2D eigenvalue weighted by atomic mass is 15.2. The van der Waals surface area contributed by atoms with Crippen molar-refractivity contribution in [1.82, 2.24) is 4.98 Å². The van der Waals surface area contributed by atoms with Crippen molar-refractivity contribution < 1.29 is 0 Å². The third kappa shape index (κ3) is 2.27. The van der Waals surface area contributed by atoms with E-state index in [0.29, 0.717) is 11.6 Å². The van der Waals surface area contributed by atoms with Crippen LogP contribution in [0.5, 0.6) is 0 Å². The molecule has 3 nitrogen and oxygen atoms in total. The van der Waals surface area contributed by atoms with E-state index >= 15 is 0 Å². The average Bonchev–Trinajstić information content (AvgIpc) is 3.10. The highest BCUT2D eigenvalue weighted by Gasteiger charge is 2.29. The molecule has 1 aromatic rings. The van der Waals surface area contributed by atoms with Crippen LogP contribution in [0, 0.1) is 11.3 Å². The lowest BCUT2D eigenvalue weighted by Gasteiger charge is -2.22. The summed E-state index contributed by atoms with van der Waals surface area (Å²) in [6.45, 7) is 3.20. The predicted octanol–water partition coefficient (Wildman–Crippen LogP) is 2.33. The highest BCUT2D eigenvalue weighted by Crippen LogP contribution is 2.30. The molecule has 0 atom stereocenters. The molecule has 0 saturated heterocycles. The minimum atomic E-state index is 0.659. The Balaban J connectivity index is 2.21. The molecule has 2 rings (SSSR count). The van der Waals surface area contributed by atoms with Gasteiger partial charge in [0.1, 0.15) is 5.82 Å². The van der Waals surface area contributed by atoms with Gasteiger partial charge < -0.3 is 4.90 Å². The summed E-state index contributed by atoms with van der Waals surface area (Å²) in [6.07, 6.45) is 5.37. The number of hydrogen-bond donors (Lipinski definition) is 0. The standard InChI is InChI=1S/C12H15N3/c1-2-7-15(11-3-4-11)12-8-10(9-13)5-6-14-12/h5-6,8,11H,2-4,7H2,1H3. The van der Waals surface area contributed by atoms with Gasteiger partial charge in [0, 0.05) is 18.8 Å². The summed E-state index contributed by atoms with van der Waals surface area (Å²) in [6, 6.07) is 6.45. The van der Waals surface area contributed by atoms with Crippen molar-refractivity contribution in [3.8, 4) is 6.07 Å². The molecule has 0 bridgehead atoms. The van der Waals surface area contributed by atoms with Gasteiger partial charge in [-0.15, -0.1) is 0 Å². The van der Waals surface area contributed by atoms with E-state index in [1.165, 1.54) is 12.8 Å². The van der Waals surface area contributed by atoms with Gasteiger partial charge in [-0.2, -0.15) is 5.26 Å². The number of rotatable bonds is 4. The smallest absolute Gasteiger partial charge is 0.130 e. The molecule has 1 aliphatic rings. The Morgan fingerprint density at radius 3 is 3.00 bits per heavy atom. The lowest BCUT2D eigenvalue weighted by Crippen LogP contribution is -2.27. The van der Waals surface area contributed by atoms with Crippen molar-refractivity contribution in [2.75, 3.05) is 11.4 Å². The first-order chi connectivity index (χ1) is 7.35. The maximum atomic E-state index is 8.83. The van der Waals surface area contributed by atoms with E-state index in [1.54, 1.807) is 12.3 Å². The molecule has 78 valence electrons. The number of hydrogen-bond acceptors (Lipinski definition) is 3. The summed E-state index contributed by atoms with van der Waals surface area (Å²) >= 11 is 0. The monoisotopic (exact) mass is 201 g/mol. The van der Waals surface area contributed by atoms with Crippen molar-refractivity contribution in [2.45, 2.75) is 32.2 Å². The van der Waals surface area contributed by atoms with E-state index in [-0.39, 0.29) is 0 Å². The molecule has 0 aromatic carbocycles. The number of anilines is 1. The van der Waals surface area contributed by atoms with Crippen LogP contribution in [0.3, 0.4) is 0 Å². The SMILES string of the molecule is CCCN(c1cc(C#N)ccn1)C1CC1. The lowest BCUT2D eigenvalue weighted by molar-refractivity contribution is 0.750. The molecule has 15 heavy (non-hydrogen) atoms. The van der Waals surface area contributed by atoms with Crippen molar-refractivity contribution in [3.05, 3.63) is 23.9 Å². The van der Waals surface area contributed by atoms with Crippen molar-refractivity contribution in [3.63, 3.8) is 0 Å². The average molecular weight is 201 g/mol. The quantitative estimate of drug-likeness (QED) is 0.750. The van der Waals surface area contributed by atoms with Gasteiger partial charge in [0.25, 0.3) is 0 Å². The third-order valence-electron chi connectivity index (χ3n) is 2.62. The van der Waals surface area contributed by atoms with E-state index in [0.717, 1.165) is 18.8 Å². The number of nitriles is 1. The van der Waals surface area contributed by atoms with E-state index < -0.39 is 0 Å². The zero-order valence-electron chi connectivity index (χ0n) is 8.98. The molecular weight excluding hydrogens is 186 g/mol. The first-order valence-corrected chi connectivity index (χ1v) is 5.48. The van der Waals surface area contributed by atoms with Crippen LogP contribution in [0.1, 0.15) is 31.7 Å². The van der Waals surface area contributed by atoms with Crippen LogP contribution in [0.2, 0.25) is 0 Å². The Labute approximate surface area is 90.4 Å². The minimum Gasteiger partial charge on any atom is -0.354 e. The summed E-state index contributed by atoms with van der Waals surface area (Å²) in [5, 5.41) is 8.83. The number of aromatic nitrogens is 1. The van der Waals surface area contributed by atoms with Gasteiger partial charge >= 0.3 is 0 Å². The fraction of sp³-hybridized carbons (Fsp3) is 0.500. The normalized spacial score (nSPS) is 14.7. The van der Waals surface area contributed by atoms with E-state index in [1.807, 2.05) is 6.07 Å². The van der Waals surface area contributed by atoms with Crippen LogP contribution in [-0.4, -0.2) is 17.6 Å². The molecule has 0 radical (unpaired) electrons. The lowest BCUT2D eigenvalue weighted by atomic mass is 10.2. The van der Waals surface area contributed by atoms with Gasteiger partial charge in [0.15, 0.2) is 0 Å². The van der Waals surface area contributed by atoms with Gasteiger partial charge in [0.2, 0.25) is 0 Å². The summed E-state index contributed by atoms with van der Waals surface area (Å²) in [4.78, 5) is 6.66. The van der Waals surface area contributed by atoms with E-state index in [2.05, 4.69) is 22.9 Å². The van der Waals surface area contributed by atoms with Crippen LogP contribution < -0.4 is 4.90 Å². The van der Waals surface area contributed by atoms with Crippen LogP contribution in [0.25, 0.3) is 0 Å². The molecule has 3 heteroatoms. The Kier molecular flexibility index (Phi) is 2.86. The summed E-state index contributed by atoms with van der Waals surface area (Å²) in [7, 11) is 0. The van der Waals surface area contributed by atoms with Crippen LogP contribution in [0.15, 0.2) is 18.3 Å². The topological polar surface area (TPSA) is 39.9 Å². The zero-order valence-corrected chi connectivity index (χ0v) is 8.98. The molecule has 0 aliphatic heterocycles. The van der Waals surface area contributed by atoms with Gasteiger partial charge in [-0.1, -0.05) is 6.92 Å². The largest absolute Gasteiger partial charge is 0.354 e. The molecule has 0 amide bonds. The molecule has 1 aliphatic carbocycles. The predicted molar refractivity (Wildman–Crippen MR) is 59.6 cm³/mol. The molecule has 0 unspecified atom stereocenters. The van der Waals surface area contributed by atoms with Gasteiger partial charge in [-0.25, -0.2) is 4.98 Å². The van der Waals surface area contributed by atoms with Crippen molar-refractivity contribution in [2.24, 2.45) is 0 Å². The first-order valence-electron chi connectivity index (χ1n) is 5.48. The Morgan fingerprint density at radius 1 is 1.60 bits per heavy atom. The van der Waals surface area contributed by atoms with Crippen LogP contribution in [0.4, 0.5) is 5.82 Å². The third-order valence-corrected chi connectivity index (χ3v) is 2.62. The highest BCUT2D eigenvalue weighted by molar-refractivity contribution is 5.46. The number of pyridine rings is 1. The fourth-order valence-corrected chi connectivity index (χ4v) is 1.76. The molecule has 1 heterocycles. The molecular formula is C12H15N3. The minimum absolute atomic E-state index is 0.659. The van der Waals surface area contributed by atoms with Crippen LogP contribution in [-0.2, 0) is 0 Å². The summed E-state index contributed by atoms with van der Waals surface area (Å²) in [5.41, 5.74) is 0.696. The summed E-state index contributed by atoms with van der Waals surface area (Å²) in [5.74, 6) is 0.957. The van der Waals surface area contributed by atoms with Gasteiger partial charge in [-0.3, -0.25) is 0 Å². The van der Waals surface area contributed by atoms with Gasteiger partial charge in [0.05, 0.1) is 11.6 Å². The molecule has 0 spiro atoms. The first kappa shape index (κ1) is 9.97. The molecule has 0 N–H and O–H groups in total. The second-order valence-corrected chi connectivity index (χ2v) is 3.94. The van der Waals surface area contributed by atoms with Crippen molar-refractivity contribution in [1.29, 1.82) is 5.26 Å². The Bertz CT molecular complexity index is 377. The van der Waals surface area contributed by atoms with Crippen molar-refractivity contribution >= 4 is 5.82 Å². The summed E-state index contributed by atoms with van der Waals surface area (Å²) < 4.78 is 0. The molecule has 1 fully saturated rings. The van der Waals surface area contributed by atoms with E-state index in [4.69, 9.17) is 5.26 Å². The Morgan fingerprint density at radius 2 is 2.40 bits per heavy atom. The maximum Gasteiger partial charge on any atom is 0.130 e. The molecule has 1 saturated carbocycles. The second-order valence-electron chi connectivity index (χ2n) is 3.94. The fourth-order valence-electron chi connectivity index (χ4n) is 1.76. The molecule has 1 aromatic heterocycles.